The van der Waals surface area contributed by atoms with Crippen LogP contribution in [0.1, 0.15) is 26.6 Å². The van der Waals surface area contributed by atoms with E-state index in [4.69, 9.17) is 51.2 Å². The third-order valence-corrected chi connectivity index (χ3v) is 5.68. The van der Waals surface area contributed by atoms with Crippen molar-refractivity contribution in [2.45, 2.75) is 6.42 Å². The topological polar surface area (TPSA) is 51.5 Å². The van der Waals surface area contributed by atoms with Crippen LogP contribution in [-0.4, -0.2) is 17.2 Å². The van der Waals surface area contributed by atoms with Gasteiger partial charge in [0.15, 0.2) is 5.69 Å². The zero-order chi connectivity index (χ0) is 19.4. The highest BCUT2D eigenvalue weighted by Crippen LogP contribution is 2.28. The molecular weight excluding hydrogens is 450 g/mol. The van der Waals surface area contributed by atoms with Crippen molar-refractivity contribution < 1.29 is 9.63 Å². The highest BCUT2D eigenvalue weighted by atomic mass is 35.5. The molecule has 0 saturated carbocycles. The fraction of sp³-hybridized carbons (Fsp3) is 0.0556. The molecule has 27 heavy (non-hydrogen) atoms. The number of thiazole rings is 1. The Balaban J connectivity index is 1.68. The van der Waals surface area contributed by atoms with Gasteiger partial charge in [0.2, 0.25) is 0 Å². The summed E-state index contributed by atoms with van der Waals surface area (Å²) in [4.78, 5) is 21.2. The van der Waals surface area contributed by atoms with Gasteiger partial charge in [-0.3, -0.25) is 0 Å². The zero-order valence-electron chi connectivity index (χ0n) is 13.5. The minimum Gasteiger partial charge on any atom is -0.311 e. The molecule has 0 amide bonds. The first-order chi connectivity index (χ1) is 13.0. The molecule has 138 valence electrons. The molecule has 2 aromatic carbocycles. The summed E-state index contributed by atoms with van der Waals surface area (Å²) in [6, 6.07) is 10.3. The second-order valence-corrected chi connectivity index (χ2v) is 7.82. The summed E-state index contributed by atoms with van der Waals surface area (Å²) in [7, 11) is 0. The molecule has 4 nitrogen and oxygen atoms in total. The van der Waals surface area contributed by atoms with Crippen molar-refractivity contribution in [1.82, 2.24) is 4.98 Å². The summed E-state index contributed by atoms with van der Waals surface area (Å²) in [6.45, 7) is 0. The number of carbonyl (C=O) groups is 1. The smallest absolute Gasteiger partial charge is 0.311 e. The molecule has 0 aliphatic carbocycles. The van der Waals surface area contributed by atoms with Gasteiger partial charge in [0.25, 0.3) is 0 Å². The van der Waals surface area contributed by atoms with E-state index >= 15 is 0 Å². The van der Waals surface area contributed by atoms with Crippen LogP contribution in [0.15, 0.2) is 46.9 Å². The molecule has 0 spiro atoms. The summed E-state index contributed by atoms with van der Waals surface area (Å²) in [5.41, 5.74) is 1.35. The number of rotatable bonds is 5. The van der Waals surface area contributed by atoms with Crippen molar-refractivity contribution in [2.75, 3.05) is 0 Å². The molecular formula is C18H10Cl4N2O2S. The van der Waals surface area contributed by atoms with Gasteiger partial charge in [-0.2, -0.15) is 0 Å². The lowest BCUT2D eigenvalue weighted by Crippen LogP contribution is -2.02. The maximum atomic E-state index is 12.1. The zero-order valence-corrected chi connectivity index (χ0v) is 17.3. The van der Waals surface area contributed by atoms with Crippen LogP contribution >= 0.6 is 57.7 Å². The number of hydrogen-bond acceptors (Lipinski definition) is 5. The van der Waals surface area contributed by atoms with Crippen LogP contribution in [0.4, 0.5) is 0 Å². The first kappa shape index (κ1) is 20.1. The van der Waals surface area contributed by atoms with Crippen molar-refractivity contribution in [1.29, 1.82) is 0 Å². The molecule has 9 heteroatoms. The molecule has 0 bridgehead atoms. The molecule has 0 fully saturated rings. The predicted octanol–water partition coefficient (Wildman–Crippen LogP) is 6.54. The molecule has 0 unspecified atom stereocenters. The van der Waals surface area contributed by atoms with Gasteiger partial charge in [0.05, 0.1) is 21.3 Å². The van der Waals surface area contributed by atoms with Gasteiger partial charge in [-0.05, 0) is 29.8 Å². The van der Waals surface area contributed by atoms with E-state index in [1.165, 1.54) is 17.6 Å². The predicted molar refractivity (Wildman–Crippen MR) is 111 cm³/mol. The highest BCUT2D eigenvalue weighted by molar-refractivity contribution is 7.09. The molecule has 1 aromatic heterocycles. The number of oxime groups is 1. The van der Waals surface area contributed by atoms with Crippen LogP contribution in [0.5, 0.6) is 0 Å². The van der Waals surface area contributed by atoms with Crippen molar-refractivity contribution in [3.8, 4) is 0 Å². The summed E-state index contributed by atoms with van der Waals surface area (Å²) >= 11 is 25.7. The number of aromatic nitrogens is 1. The Hall–Kier alpha value is -1.63. The Labute approximate surface area is 179 Å². The summed E-state index contributed by atoms with van der Waals surface area (Å²) in [6.07, 6.45) is 1.69. The average Bonchev–Trinajstić information content (AvgIpc) is 3.09. The minimum absolute atomic E-state index is 0.139. The van der Waals surface area contributed by atoms with Gasteiger partial charge >= 0.3 is 5.97 Å². The van der Waals surface area contributed by atoms with Crippen LogP contribution in [0, 0.1) is 0 Å². The van der Waals surface area contributed by atoms with E-state index < -0.39 is 5.97 Å². The maximum Gasteiger partial charge on any atom is 0.384 e. The minimum atomic E-state index is -0.692. The second kappa shape index (κ2) is 9.04. The van der Waals surface area contributed by atoms with Crippen LogP contribution in [0.25, 0.3) is 0 Å². The molecule has 0 N–H and O–H groups in total. The summed E-state index contributed by atoms with van der Waals surface area (Å²) in [5, 5.41) is 7.78. The van der Waals surface area contributed by atoms with E-state index in [0.717, 1.165) is 5.56 Å². The third-order valence-electron chi connectivity index (χ3n) is 3.47. The first-order valence-electron chi connectivity index (χ1n) is 7.51. The molecule has 0 atom stereocenters. The Kier molecular flexibility index (Phi) is 6.73. The van der Waals surface area contributed by atoms with Gasteiger partial charge in [-0.15, -0.1) is 11.3 Å². The number of carbonyl (C=O) groups excluding carboxylic acids is 1. The lowest BCUT2D eigenvalue weighted by atomic mass is 10.1. The van der Waals surface area contributed by atoms with E-state index in [1.54, 1.807) is 41.8 Å². The van der Waals surface area contributed by atoms with E-state index in [2.05, 4.69) is 10.1 Å². The standard InChI is InChI=1S/C18H10Cl4N2O2S/c19-12-3-1-4-13(20)10(12)7-17-24-16(9-27-17)18(25)26-23-8-11-14(21)5-2-6-15(11)22/h1-6,8-9H,7H2/b23-8+. The van der Waals surface area contributed by atoms with E-state index in [-0.39, 0.29) is 5.69 Å². The van der Waals surface area contributed by atoms with Gasteiger partial charge in [0.1, 0.15) is 0 Å². The Morgan fingerprint density at radius 1 is 1.04 bits per heavy atom. The van der Waals surface area contributed by atoms with Crippen LogP contribution in [-0.2, 0) is 11.3 Å². The first-order valence-corrected chi connectivity index (χ1v) is 9.91. The largest absolute Gasteiger partial charge is 0.384 e. The Morgan fingerprint density at radius 2 is 1.63 bits per heavy atom. The molecule has 0 aliphatic heterocycles. The SMILES string of the molecule is O=C(O/N=C/c1c(Cl)cccc1Cl)c1csc(Cc2c(Cl)cccc2Cl)n1. The molecule has 0 saturated heterocycles. The van der Waals surface area contributed by atoms with Crippen LogP contribution in [0.2, 0.25) is 20.1 Å². The van der Waals surface area contributed by atoms with Gasteiger partial charge in [-0.25, -0.2) is 9.78 Å². The number of halogens is 4. The van der Waals surface area contributed by atoms with Gasteiger partial charge in [0, 0.05) is 27.4 Å². The fourth-order valence-electron chi connectivity index (χ4n) is 2.15. The Morgan fingerprint density at radius 3 is 2.26 bits per heavy atom. The number of nitrogens with zero attached hydrogens (tertiary/aromatic N) is 2. The maximum absolute atomic E-state index is 12.1. The van der Waals surface area contributed by atoms with Crippen molar-refractivity contribution >= 4 is 69.9 Å². The van der Waals surface area contributed by atoms with Crippen LogP contribution < -0.4 is 0 Å². The fourth-order valence-corrected chi connectivity index (χ4v) is 3.95. The summed E-state index contributed by atoms with van der Waals surface area (Å²) in [5.74, 6) is -0.692. The second-order valence-electron chi connectivity index (χ2n) is 5.25. The van der Waals surface area contributed by atoms with E-state index in [0.29, 0.717) is 37.1 Å². The van der Waals surface area contributed by atoms with E-state index in [9.17, 15) is 4.79 Å². The average molecular weight is 460 g/mol. The van der Waals surface area contributed by atoms with Gasteiger partial charge in [-0.1, -0.05) is 63.7 Å². The number of hydrogen-bond donors (Lipinski definition) is 0. The van der Waals surface area contributed by atoms with Gasteiger partial charge < -0.3 is 4.84 Å². The lowest BCUT2D eigenvalue weighted by Gasteiger charge is -2.04. The highest BCUT2D eigenvalue weighted by Gasteiger charge is 2.15. The van der Waals surface area contributed by atoms with Crippen molar-refractivity contribution in [3.05, 3.63) is 83.7 Å². The third kappa shape index (κ3) is 5.00. The normalized spacial score (nSPS) is 11.1. The molecule has 3 rings (SSSR count). The molecule has 3 aromatic rings. The Bertz CT molecular complexity index is 980. The molecule has 0 aliphatic rings. The quantitative estimate of drug-likeness (QED) is 0.247. The lowest BCUT2D eigenvalue weighted by molar-refractivity contribution is 0.0513. The summed E-state index contributed by atoms with van der Waals surface area (Å²) < 4.78 is 0. The molecule has 1 heterocycles. The van der Waals surface area contributed by atoms with Crippen LogP contribution in [0.3, 0.4) is 0 Å². The monoisotopic (exact) mass is 458 g/mol. The van der Waals surface area contributed by atoms with Crippen molar-refractivity contribution in [2.24, 2.45) is 5.16 Å². The molecule has 0 radical (unpaired) electrons. The van der Waals surface area contributed by atoms with Crippen molar-refractivity contribution in [3.63, 3.8) is 0 Å². The van der Waals surface area contributed by atoms with E-state index in [1.807, 2.05) is 0 Å². The number of benzene rings is 2.